The second kappa shape index (κ2) is 7.04. The van der Waals surface area contributed by atoms with E-state index in [1.165, 1.54) is 24.3 Å². The van der Waals surface area contributed by atoms with Gasteiger partial charge in [0, 0.05) is 5.69 Å². The van der Waals surface area contributed by atoms with E-state index in [0.29, 0.717) is 12.8 Å². The number of nitrogens with one attached hydrogen (secondary N) is 2. The lowest BCUT2D eigenvalue weighted by molar-refractivity contribution is -0.139. The SMILES string of the molecule is CCC[C@H](NC(=O)Nc1cccc(S(N)(=O)=O)c1)C(=O)O. The Labute approximate surface area is 122 Å². The third-order valence-electron chi connectivity index (χ3n) is 2.60. The largest absolute Gasteiger partial charge is 0.480 e. The van der Waals surface area contributed by atoms with E-state index in [9.17, 15) is 18.0 Å². The summed E-state index contributed by atoms with van der Waals surface area (Å²) in [4.78, 5) is 22.5. The molecular formula is C12H17N3O5S. The maximum absolute atomic E-state index is 11.7. The first kappa shape index (κ1) is 16.9. The lowest BCUT2D eigenvalue weighted by Crippen LogP contribution is -2.42. The van der Waals surface area contributed by atoms with Crippen molar-refractivity contribution in [3.8, 4) is 0 Å². The highest BCUT2D eigenvalue weighted by atomic mass is 32.2. The third-order valence-corrected chi connectivity index (χ3v) is 3.51. The normalized spacial score (nSPS) is 12.5. The summed E-state index contributed by atoms with van der Waals surface area (Å²) in [6, 6.07) is 3.61. The van der Waals surface area contributed by atoms with Gasteiger partial charge in [-0.05, 0) is 24.6 Å². The summed E-state index contributed by atoms with van der Waals surface area (Å²) >= 11 is 0. The Balaban J connectivity index is 2.77. The van der Waals surface area contributed by atoms with E-state index in [1.54, 1.807) is 6.92 Å². The van der Waals surface area contributed by atoms with E-state index in [0.717, 1.165) is 0 Å². The average molecular weight is 315 g/mol. The molecule has 5 N–H and O–H groups in total. The van der Waals surface area contributed by atoms with Gasteiger partial charge in [0.25, 0.3) is 0 Å². The number of nitrogens with two attached hydrogens (primary N) is 1. The van der Waals surface area contributed by atoms with Gasteiger partial charge in [-0.3, -0.25) is 0 Å². The van der Waals surface area contributed by atoms with Crippen LogP contribution in [-0.2, 0) is 14.8 Å². The average Bonchev–Trinajstić information content (AvgIpc) is 2.37. The molecule has 0 spiro atoms. The van der Waals surface area contributed by atoms with Gasteiger partial charge in [0.2, 0.25) is 10.0 Å². The summed E-state index contributed by atoms with van der Waals surface area (Å²) in [5.74, 6) is -1.13. The van der Waals surface area contributed by atoms with Crippen molar-refractivity contribution in [2.45, 2.75) is 30.7 Å². The number of carboxylic acids is 1. The lowest BCUT2D eigenvalue weighted by atomic mass is 10.2. The number of benzene rings is 1. The smallest absolute Gasteiger partial charge is 0.326 e. The number of sulfonamides is 1. The molecule has 0 saturated heterocycles. The molecule has 116 valence electrons. The van der Waals surface area contributed by atoms with Crippen molar-refractivity contribution in [2.24, 2.45) is 5.14 Å². The van der Waals surface area contributed by atoms with Gasteiger partial charge in [-0.25, -0.2) is 23.1 Å². The minimum absolute atomic E-state index is 0.149. The van der Waals surface area contributed by atoms with Crippen LogP contribution in [0, 0.1) is 0 Å². The highest BCUT2D eigenvalue weighted by Gasteiger charge is 2.19. The number of anilines is 1. The molecule has 0 radical (unpaired) electrons. The van der Waals surface area contributed by atoms with E-state index in [4.69, 9.17) is 10.2 Å². The number of amides is 2. The van der Waals surface area contributed by atoms with E-state index < -0.39 is 28.1 Å². The Bertz CT molecular complexity index is 630. The Kier molecular flexibility index (Phi) is 5.68. The maximum Gasteiger partial charge on any atom is 0.326 e. The van der Waals surface area contributed by atoms with Gasteiger partial charge in [0.15, 0.2) is 0 Å². The number of hydrogen-bond donors (Lipinski definition) is 4. The quantitative estimate of drug-likeness (QED) is 0.612. The standard InChI is InChI=1S/C12H17N3O5S/c1-2-4-10(11(16)17)15-12(18)14-8-5-3-6-9(7-8)21(13,19)20/h3,5-7,10H,2,4H2,1H3,(H,16,17)(H2,13,19,20)(H2,14,15,18)/t10-/m0/s1. The number of carboxylic acid groups (broad SMARTS) is 1. The van der Waals surface area contributed by atoms with Crippen molar-refractivity contribution < 1.29 is 23.1 Å². The predicted molar refractivity (Wildman–Crippen MR) is 76.3 cm³/mol. The summed E-state index contributed by atoms with van der Waals surface area (Å²) < 4.78 is 22.4. The molecule has 0 aliphatic carbocycles. The molecule has 0 fully saturated rings. The van der Waals surface area contributed by atoms with Crippen molar-refractivity contribution >= 4 is 27.7 Å². The molecule has 0 unspecified atom stereocenters. The molecule has 1 atom stereocenters. The maximum atomic E-state index is 11.7. The molecule has 0 bridgehead atoms. The fourth-order valence-electron chi connectivity index (χ4n) is 1.62. The van der Waals surface area contributed by atoms with Crippen molar-refractivity contribution in [3.63, 3.8) is 0 Å². The fraction of sp³-hybridized carbons (Fsp3) is 0.333. The topological polar surface area (TPSA) is 139 Å². The minimum Gasteiger partial charge on any atom is -0.480 e. The first-order valence-corrected chi connectivity index (χ1v) is 7.72. The second-order valence-electron chi connectivity index (χ2n) is 4.35. The van der Waals surface area contributed by atoms with E-state index in [2.05, 4.69) is 10.6 Å². The van der Waals surface area contributed by atoms with Crippen molar-refractivity contribution in [2.75, 3.05) is 5.32 Å². The molecule has 0 aromatic heterocycles. The van der Waals surface area contributed by atoms with Crippen LogP contribution in [0.15, 0.2) is 29.2 Å². The summed E-state index contributed by atoms with van der Waals surface area (Å²) in [5, 5.41) is 18.6. The summed E-state index contributed by atoms with van der Waals surface area (Å²) in [7, 11) is -3.87. The summed E-state index contributed by atoms with van der Waals surface area (Å²) in [5.41, 5.74) is 0.194. The number of rotatable bonds is 6. The van der Waals surface area contributed by atoms with Gasteiger partial charge >= 0.3 is 12.0 Å². The number of primary sulfonamides is 1. The first-order chi connectivity index (χ1) is 9.74. The van der Waals surface area contributed by atoms with Gasteiger partial charge in [-0.2, -0.15) is 0 Å². The minimum atomic E-state index is -3.87. The first-order valence-electron chi connectivity index (χ1n) is 6.17. The number of urea groups is 1. The molecule has 8 nitrogen and oxygen atoms in total. The third kappa shape index (κ3) is 5.40. The Morgan fingerprint density at radius 1 is 1.38 bits per heavy atom. The molecule has 0 aliphatic heterocycles. The van der Waals surface area contributed by atoms with Crippen LogP contribution in [0.2, 0.25) is 0 Å². The number of carbonyl (C=O) groups is 2. The van der Waals surface area contributed by atoms with E-state index in [1.807, 2.05) is 0 Å². The summed E-state index contributed by atoms with van der Waals surface area (Å²) in [6.45, 7) is 1.80. The van der Waals surface area contributed by atoms with Crippen LogP contribution in [0.1, 0.15) is 19.8 Å². The highest BCUT2D eigenvalue weighted by Crippen LogP contribution is 2.14. The second-order valence-corrected chi connectivity index (χ2v) is 5.91. The summed E-state index contributed by atoms with van der Waals surface area (Å²) in [6.07, 6.45) is 0.887. The number of aliphatic carboxylic acids is 1. The Hall–Kier alpha value is -2.13. The number of hydrogen-bond acceptors (Lipinski definition) is 4. The van der Waals surface area contributed by atoms with Crippen LogP contribution in [0.25, 0.3) is 0 Å². The molecule has 0 saturated carbocycles. The zero-order chi connectivity index (χ0) is 16.0. The van der Waals surface area contributed by atoms with Crippen molar-refractivity contribution in [3.05, 3.63) is 24.3 Å². The molecule has 2 amide bonds. The Morgan fingerprint density at radius 3 is 2.57 bits per heavy atom. The molecule has 9 heteroatoms. The molecule has 1 rings (SSSR count). The van der Waals surface area contributed by atoms with Crippen LogP contribution in [0.3, 0.4) is 0 Å². The molecule has 0 aliphatic rings. The van der Waals surface area contributed by atoms with Crippen LogP contribution in [0.4, 0.5) is 10.5 Å². The van der Waals surface area contributed by atoms with E-state index in [-0.39, 0.29) is 10.6 Å². The van der Waals surface area contributed by atoms with Crippen LogP contribution >= 0.6 is 0 Å². The molecule has 1 aromatic carbocycles. The van der Waals surface area contributed by atoms with Crippen molar-refractivity contribution in [1.29, 1.82) is 0 Å². The van der Waals surface area contributed by atoms with Crippen LogP contribution in [-0.4, -0.2) is 31.6 Å². The highest BCUT2D eigenvalue weighted by molar-refractivity contribution is 7.89. The number of carbonyl (C=O) groups excluding carboxylic acids is 1. The Morgan fingerprint density at radius 2 is 2.05 bits per heavy atom. The van der Waals surface area contributed by atoms with Gasteiger partial charge in [0.05, 0.1) is 4.90 Å². The van der Waals surface area contributed by atoms with Crippen LogP contribution in [0.5, 0.6) is 0 Å². The van der Waals surface area contributed by atoms with Crippen molar-refractivity contribution in [1.82, 2.24) is 5.32 Å². The van der Waals surface area contributed by atoms with E-state index >= 15 is 0 Å². The fourth-order valence-corrected chi connectivity index (χ4v) is 2.18. The monoisotopic (exact) mass is 315 g/mol. The predicted octanol–water partition coefficient (Wildman–Crippen LogP) is 0.709. The zero-order valence-corrected chi connectivity index (χ0v) is 12.2. The molecule has 1 aromatic rings. The molecular weight excluding hydrogens is 298 g/mol. The molecule has 21 heavy (non-hydrogen) atoms. The van der Waals surface area contributed by atoms with Gasteiger partial charge in [-0.15, -0.1) is 0 Å². The van der Waals surface area contributed by atoms with Crippen LogP contribution < -0.4 is 15.8 Å². The lowest BCUT2D eigenvalue weighted by Gasteiger charge is -2.14. The van der Waals surface area contributed by atoms with Gasteiger partial charge in [-0.1, -0.05) is 19.4 Å². The van der Waals surface area contributed by atoms with Gasteiger partial charge in [0.1, 0.15) is 6.04 Å². The molecule has 0 heterocycles. The zero-order valence-electron chi connectivity index (χ0n) is 11.4. The van der Waals surface area contributed by atoms with Gasteiger partial charge < -0.3 is 15.7 Å².